The molecule has 0 aliphatic carbocycles. The zero-order valence-corrected chi connectivity index (χ0v) is 10.2. The fourth-order valence-corrected chi connectivity index (χ4v) is 2.09. The van der Waals surface area contributed by atoms with Crippen LogP contribution in [-0.4, -0.2) is 22.1 Å². The Labute approximate surface area is 107 Å². The number of amides is 1. The van der Waals surface area contributed by atoms with Crippen molar-refractivity contribution in [3.05, 3.63) is 30.0 Å². The van der Waals surface area contributed by atoms with Gasteiger partial charge in [-0.3, -0.25) is 4.79 Å². The molecule has 7 heteroatoms. The van der Waals surface area contributed by atoms with Crippen molar-refractivity contribution in [2.45, 2.75) is 6.54 Å². The Morgan fingerprint density at radius 3 is 3.28 bits per heavy atom. The SMILES string of the molecule is O=C1COc2ccc(CNc3cnns3)cc2N1. The van der Waals surface area contributed by atoms with Crippen LogP contribution in [0.2, 0.25) is 0 Å². The van der Waals surface area contributed by atoms with Crippen LogP contribution < -0.4 is 15.4 Å². The van der Waals surface area contributed by atoms with Gasteiger partial charge < -0.3 is 15.4 Å². The van der Waals surface area contributed by atoms with Gasteiger partial charge in [-0.25, -0.2) is 0 Å². The zero-order valence-electron chi connectivity index (χ0n) is 9.34. The number of hydrogen-bond acceptors (Lipinski definition) is 6. The summed E-state index contributed by atoms with van der Waals surface area (Å²) in [6.45, 7) is 0.726. The number of rotatable bonds is 3. The van der Waals surface area contributed by atoms with E-state index >= 15 is 0 Å². The van der Waals surface area contributed by atoms with E-state index in [0.717, 1.165) is 10.6 Å². The van der Waals surface area contributed by atoms with Crippen molar-refractivity contribution in [3.8, 4) is 5.75 Å². The van der Waals surface area contributed by atoms with E-state index < -0.39 is 0 Å². The largest absolute Gasteiger partial charge is 0.482 e. The van der Waals surface area contributed by atoms with Gasteiger partial charge in [0.2, 0.25) is 0 Å². The van der Waals surface area contributed by atoms with Crippen LogP contribution in [0.1, 0.15) is 5.56 Å². The Bertz CT molecular complexity index is 570. The van der Waals surface area contributed by atoms with Crippen LogP contribution in [0, 0.1) is 0 Å². The maximum absolute atomic E-state index is 11.2. The van der Waals surface area contributed by atoms with Gasteiger partial charge in [-0.05, 0) is 17.7 Å². The molecule has 18 heavy (non-hydrogen) atoms. The van der Waals surface area contributed by atoms with Crippen LogP contribution in [0.4, 0.5) is 10.7 Å². The maximum Gasteiger partial charge on any atom is 0.262 e. The zero-order chi connectivity index (χ0) is 12.4. The fraction of sp³-hybridized carbons (Fsp3) is 0.182. The molecule has 0 saturated heterocycles. The number of anilines is 2. The molecule has 0 radical (unpaired) electrons. The highest BCUT2D eigenvalue weighted by molar-refractivity contribution is 7.09. The lowest BCUT2D eigenvalue weighted by Gasteiger charge is -2.18. The van der Waals surface area contributed by atoms with Gasteiger partial charge in [0.15, 0.2) is 6.61 Å². The lowest BCUT2D eigenvalue weighted by atomic mass is 10.1. The summed E-state index contributed by atoms with van der Waals surface area (Å²) in [5.41, 5.74) is 1.76. The molecule has 1 amide bonds. The van der Waals surface area contributed by atoms with Gasteiger partial charge in [0.05, 0.1) is 11.9 Å². The third kappa shape index (κ3) is 2.25. The van der Waals surface area contributed by atoms with Gasteiger partial charge in [0.25, 0.3) is 5.91 Å². The van der Waals surface area contributed by atoms with Crippen LogP contribution in [0.5, 0.6) is 5.75 Å². The van der Waals surface area contributed by atoms with Gasteiger partial charge in [-0.2, -0.15) is 0 Å². The summed E-state index contributed by atoms with van der Waals surface area (Å²) >= 11 is 1.30. The summed E-state index contributed by atoms with van der Waals surface area (Å²) in [5.74, 6) is 0.581. The first-order valence-electron chi connectivity index (χ1n) is 5.38. The van der Waals surface area contributed by atoms with Gasteiger partial charge in [0, 0.05) is 18.1 Å². The molecule has 1 aromatic heterocycles. The highest BCUT2D eigenvalue weighted by Gasteiger charge is 2.15. The van der Waals surface area contributed by atoms with Crippen molar-refractivity contribution in [1.82, 2.24) is 9.59 Å². The number of benzene rings is 1. The second-order valence-corrected chi connectivity index (χ2v) is 4.59. The van der Waals surface area contributed by atoms with Crippen LogP contribution in [0.25, 0.3) is 0 Å². The van der Waals surface area contributed by atoms with Crippen molar-refractivity contribution >= 4 is 28.1 Å². The van der Waals surface area contributed by atoms with E-state index in [0.29, 0.717) is 18.0 Å². The van der Waals surface area contributed by atoms with Crippen molar-refractivity contribution in [2.75, 3.05) is 17.2 Å². The van der Waals surface area contributed by atoms with Crippen LogP contribution in [0.3, 0.4) is 0 Å². The first-order valence-corrected chi connectivity index (χ1v) is 6.15. The average molecular weight is 262 g/mol. The Kier molecular flexibility index (Phi) is 2.81. The molecule has 0 unspecified atom stereocenters. The van der Waals surface area contributed by atoms with E-state index in [1.165, 1.54) is 11.5 Å². The minimum Gasteiger partial charge on any atom is -0.482 e. The van der Waals surface area contributed by atoms with Crippen molar-refractivity contribution in [3.63, 3.8) is 0 Å². The molecule has 0 saturated carbocycles. The third-order valence-electron chi connectivity index (χ3n) is 2.50. The van der Waals surface area contributed by atoms with Crippen molar-refractivity contribution in [1.29, 1.82) is 0 Å². The summed E-state index contributed by atoms with van der Waals surface area (Å²) in [6, 6.07) is 5.71. The highest BCUT2D eigenvalue weighted by atomic mass is 32.1. The molecule has 0 bridgehead atoms. The highest BCUT2D eigenvalue weighted by Crippen LogP contribution is 2.28. The van der Waals surface area contributed by atoms with Gasteiger partial charge >= 0.3 is 0 Å². The second kappa shape index (κ2) is 4.61. The number of nitrogens with zero attached hydrogens (tertiary/aromatic N) is 2. The molecule has 0 fully saturated rings. The number of nitrogens with one attached hydrogen (secondary N) is 2. The predicted molar refractivity (Wildman–Crippen MR) is 67.8 cm³/mol. The topological polar surface area (TPSA) is 76.1 Å². The Hall–Kier alpha value is -2.15. The summed E-state index contributed by atoms with van der Waals surface area (Å²) < 4.78 is 9.06. The van der Waals surface area contributed by atoms with Crippen molar-refractivity contribution < 1.29 is 9.53 Å². The van der Waals surface area contributed by atoms with E-state index in [-0.39, 0.29) is 12.5 Å². The summed E-state index contributed by atoms with van der Waals surface area (Å²) in [7, 11) is 0. The number of carbonyl (C=O) groups is 1. The number of fused-ring (bicyclic) bond motifs is 1. The molecule has 1 aromatic carbocycles. The minimum absolute atomic E-state index is 0.0805. The molecule has 2 heterocycles. The maximum atomic E-state index is 11.2. The number of carbonyl (C=O) groups excluding carboxylic acids is 1. The first-order chi connectivity index (χ1) is 8.81. The smallest absolute Gasteiger partial charge is 0.262 e. The summed E-state index contributed by atoms with van der Waals surface area (Å²) in [4.78, 5) is 11.2. The summed E-state index contributed by atoms with van der Waals surface area (Å²) in [6.07, 6.45) is 1.67. The van der Waals surface area contributed by atoms with E-state index in [2.05, 4.69) is 20.2 Å². The Morgan fingerprint density at radius 2 is 2.44 bits per heavy atom. The number of aromatic nitrogens is 2. The molecule has 92 valence electrons. The number of ether oxygens (including phenoxy) is 1. The van der Waals surface area contributed by atoms with E-state index in [9.17, 15) is 4.79 Å². The molecule has 1 aliphatic heterocycles. The van der Waals surface area contributed by atoms with Gasteiger partial charge in [0.1, 0.15) is 10.8 Å². The van der Waals surface area contributed by atoms with E-state index in [1.54, 1.807) is 6.20 Å². The second-order valence-electron chi connectivity index (χ2n) is 3.80. The molecular weight excluding hydrogens is 252 g/mol. The normalized spacial score (nSPS) is 13.4. The average Bonchev–Trinajstić information content (AvgIpc) is 2.89. The molecule has 3 rings (SSSR count). The fourth-order valence-electron chi connectivity index (χ4n) is 1.67. The lowest BCUT2D eigenvalue weighted by molar-refractivity contribution is -0.118. The van der Waals surface area contributed by atoms with Gasteiger partial charge in [-0.1, -0.05) is 10.6 Å². The summed E-state index contributed by atoms with van der Waals surface area (Å²) in [5, 5.41) is 10.6. The minimum atomic E-state index is -0.126. The quantitative estimate of drug-likeness (QED) is 0.876. The van der Waals surface area contributed by atoms with Crippen molar-refractivity contribution in [2.24, 2.45) is 0 Å². The predicted octanol–water partition coefficient (Wildman–Crippen LogP) is 1.48. The molecule has 2 aromatic rings. The number of hydrogen-bond donors (Lipinski definition) is 2. The molecule has 2 N–H and O–H groups in total. The Balaban J connectivity index is 1.73. The lowest BCUT2D eigenvalue weighted by Crippen LogP contribution is -2.25. The van der Waals surface area contributed by atoms with Crippen LogP contribution in [-0.2, 0) is 11.3 Å². The molecule has 0 atom stereocenters. The molecule has 6 nitrogen and oxygen atoms in total. The third-order valence-corrected chi connectivity index (χ3v) is 3.13. The van der Waals surface area contributed by atoms with Crippen LogP contribution in [0.15, 0.2) is 24.4 Å². The van der Waals surface area contributed by atoms with Gasteiger partial charge in [-0.15, -0.1) is 5.10 Å². The standard InChI is InChI=1S/C11H10N4O2S/c16-10-6-17-9-2-1-7(3-8(9)14-10)4-12-11-5-13-15-18-11/h1-3,5,12H,4,6H2,(H,14,16). The van der Waals surface area contributed by atoms with E-state index in [1.807, 2.05) is 18.2 Å². The molecule has 0 spiro atoms. The monoisotopic (exact) mass is 262 g/mol. The first kappa shape index (κ1) is 11.0. The molecular formula is C11H10N4O2S. The molecule has 1 aliphatic rings. The van der Waals surface area contributed by atoms with E-state index in [4.69, 9.17) is 4.74 Å². The van der Waals surface area contributed by atoms with Crippen LogP contribution >= 0.6 is 11.5 Å². The Morgan fingerprint density at radius 1 is 1.50 bits per heavy atom.